The molecule has 150 valence electrons. The van der Waals surface area contributed by atoms with E-state index in [1.807, 2.05) is 0 Å². The van der Waals surface area contributed by atoms with Gasteiger partial charge in [0.05, 0.1) is 27.9 Å². The van der Waals surface area contributed by atoms with Crippen molar-refractivity contribution in [1.82, 2.24) is 14.5 Å². The van der Waals surface area contributed by atoms with E-state index < -0.39 is 15.9 Å². The van der Waals surface area contributed by atoms with Crippen molar-refractivity contribution in [3.8, 4) is 0 Å². The lowest BCUT2D eigenvalue weighted by atomic mass is 10.2. The van der Waals surface area contributed by atoms with E-state index in [0.29, 0.717) is 23.9 Å². The van der Waals surface area contributed by atoms with Crippen LogP contribution in [0.15, 0.2) is 70.6 Å². The van der Waals surface area contributed by atoms with Crippen LogP contribution in [0.1, 0.15) is 12.8 Å². The third kappa shape index (κ3) is 3.93. The number of hydrogen-bond acceptors (Lipinski definition) is 5. The van der Waals surface area contributed by atoms with Gasteiger partial charge < -0.3 is 4.90 Å². The highest BCUT2D eigenvalue weighted by molar-refractivity contribution is 7.91. The van der Waals surface area contributed by atoms with E-state index in [-0.39, 0.29) is 28.7 Å². The van der Waals surface area contributed by atoms with E-state index >= 15 is 0 Å². The van der Waals surface area contributed by atoms with Crippen molar-refractivity contribution >= 4 is 26.6 Å². The molecule has 7 nitrogen and oxygen atoms in total. The van der Waals surface area contributed by atoms with Crippen LogP contribution in [0.5, 0.6) is 0 Å². The summed E-state index contributed by atoms with van der Waals surface area (Å²) in [5.74, 6) is -0.386. The van der Waals surface area contributed by atoms with Crippen molar-refractivity contribution in [1.29, 1.82) is 0 Å². The average Bonchev–Trinajstić information content (AvgIpc) is 3.18. The van der Waals surface area contributed by atoms with E-state index in [9.17, 15) is 18.0 Å². The summed E-state index contributed by atoms with van der Waals surface area (Å²) < 4.78 is 26.7. The van der Waals surface area contributed by atoms with Gasteiger partial charge in [0.15, 0.2) is 9.84 Å². The second-order valence-corrected chi connectivity index (χ2v) is 9.21. The molecule has 1 aliphatic heterocycles. The molecule has 1 aromatic heterocycles. The van der Waals surface area contributed by atoms with Crippen LogP contribution in [0.25, 0.3) is 10.9 Å². The van der Waals surface area contributed by atoms with Gasteiger partial charge in [-0.25, -0.2) is 13.4 Å². The van der Waals surface area contributed by atoms with Crippen molar-refractivity contribution in [2.75, 3.05) is 12.3 Å². The smallest absolute Gasteiger partial charge is 0.261 e. The Bertz CT molecular complexity index is 1210. The molecular formula is C21H21N3O4S. The molecule has 1 saturated heterocycles. The molecule has 3 aromatic rings. The molecule has 4 rings (SSSR count). The van der Waals surface area contributed by atoms with Gasteiger partial charge in [0.1, 0.15) is 6.54 Å². The second-order valence-electron chi connectivity index (χ2n) is 7.17. The van der Waals surface area contributed by atoms with Gasteiger partial charge in [0.2, 0.25) is 5.91 Å². The summed E-state index contributed by atoms with van der Waals surface area (Å²) >= 11 is 0. The number of para-hydroxylation sites is 1. The zero-order chi connectivity index (χ0) is 20.4. The molecule has 1 amide bonds. The van der Waals surface area contributed by atoms with Crippen molar-refractivity contribution < 1.29 is 13.2 Å². The highest BCUT2D eigenvalue weighted by Crippen LogP contribution is 2.22. The molecule has 0 spiro atoms. The zero-order valence-electron chi connectivity index (χ0n) is 15.8. The van der Waals surface area contributed by atoms with Crippen LogP contribution in [0, 0.1) is 0 Å². The normalized spacial score (nSPS) is 17.0. The van der Waals surface area contributed by atoms with Gasteiger partial charge in [-0.2, -0.15) is 0 Å². The predicted molar refractivity (Wildman–Crippen MR) is 109 cm³/mol. The number of aromatic nitrogens is 2. The van der Waals surface area contributed by atoms with Crippen LogP contribution >= 0.6 is 0 Å². The van der Waals surface area contributed by atoms with E-state index in [4.69, 9.17) is 0 Å². The molecule has 1 atom stereocenters. The first-order valence-electron chi connectivity index (χ1n) is 9.47. The molecule has 2 heterocycles. The standard InChI is InChI=1S/C21H21N3O4S/c25-20(13-23-15-22-19-11-5-4-10-18(19)21(23)26)24-12-6-7-16(24)14-29(27,28)17-8-2-1-3-9-17/h1-5,8-11,15-16H,6-7,12-14H2. The number of carbonyl (C=O) groups is 1. The number of sulfone groups is 1. The van der Waals surface area contributed by atoms with Crippen LogP contribution in [0.2, 0.25) is 0 Å². The third-order valence-corrected chi connectivity index (χ3v) is 7.06. The fraction of sp³-hybridized carbons (Fsp3) is 0.286. The summed E-state index contributed by atoms with van der Waals surface area (Å²) in [5.41, 5.74) is 0.297. The van der Waals surface area contributed by atoms with Gasteiger partial charge in [-0.05, 0) is 37.1 Å². The van der Waals surface area contributed by atoms with E-state index in [0.717, 1.165) is 6.42 Å². The lowest BCUT2D eigenvalue weighted by molar-refractivity contribution is -0.132. The minimum Gasteiger partial charge on any atom is -0.337 e. The van der Waals surface area contributed by atoms with E-state index in [1.54, 1.807) is 59.5 Å². The Morgan fingerprint density at radius 1 is 1.07 bits per heavy atom. The molecule has 8 heteroatoms. The minimum atomic E-state index is -3.49. The Morgan fingerprint density at radius 2 is 1.79 bits per heavy atom. The number of amides is 1. The number of likely N-dealkylation sites (tertiary alicyclic amines) is 1. The van der Waals surface area contributed by atoms with Crippen molar-refractivity contribution in [2.45, 2.75) is 30.3 Å². The molecule has 2 aromatic carbocycles. The number of rotatable bonds is 5. The average molecular weight is 411 g/mol. The van der Waals surface area contributed by atoms with Crippen molar-refractivity contribution in [3.63, 3.8) is 0 Å². The SMILES string of the molecule is O=C(Cn1cnc2ccccc2c1=O)N1CCCC1CS(=O)(=O)c1ccccc1. The number of nitrogens with zero attached hydrogens (tertiary/aromatic N) is 3. The quantitative estimate of drug-likeness (QED) is 0.639. The molecule has 1 fully saturated rings. The number of hydrogen-bond donors (Lipinski definition) is 0. The first-order valence-corrected chi connectivity index (χ1v) is 11.1. The van der Waals surface area contributed by atoms with Gasteiger partial charge in [0, 0.05) is 12.6 Å². The largest absolute Gasteiger partial charge is 0.337 e. The summed E-state index contributed by atoms with van der Waals surface area (Å²) in [4.78, 5) is 31.6. The van der Waals surface area contributed by atoms with Crippen molar-refractivity contribution in [2.24, 2.45) is 0 Å². The Labute approximate surface area is 168 Å². The fourth-order valence-electron chi connectivity index (χ4n) is 3.77. The maximum atomic E-state index is 12.9. The van der Waals surface area contributed by atoms with Gasteiger partial charge >= 0.3 is 0 Å². The lowest BCUT2D eigenvalue weighted by Crippen LogP contribution is -2.42. The van der Waals surface area contributed by atoms with Crippen LogP contribution in [-0.4, -0.2) is 47.1 Å². The maximum Gasteiger partial charge on any atom is 0.261 e. The van der Waals surface area contributed by atoms with Crippen LogP contribution in [-0.2, 0) is 21.2 Å². The Hall–Kier alpha value is -3.00. The molecule has 0 saturated carbocycles. The molecule has 0 radical (unpaired) electrons. The predicted octanol–water partition coefficient (Wildman–Crippen LogP) is 1.86. The second kappa shape index (κ2) is 7.79. The summed E-state index contributed by atoms with van der Waals surface area (Å²) in [7, 11) is -3.49. The van der Waals surface area contributed by atoms with Crippen LogP contribution in [0.4, 0.5) is 0 Å². The molecule has 0 bridgehead atoms. The minimum absolute atomic E-state index is 0.117. The topological polar surface area (TPSA) is 89.3 Å². The lowest BCUT2D eigenvalue weighted by Gasteiger charge is -2.25. The molecule has 0 N–H and O–H groups in total. The summed E-state index contributed by atoms with van der Waals surface area (Å²) in [6.45, 7) is 0.335. The molecule has 1 aliphatic rings. The molecular weight excluding hydrogens is 390 g/mol. The molecule has 29 heavy (non-hydrogen) atoms. The van der Waals surface area contributed by atoms with Gasteiger partial charge in [0.25, 0.3) is 5.56 Å². The van der Waals surface area contributed by atoms with Crippen molar-refractivity contribution in [3.05, 3.63) is 71.3 Å². The first kappa shape index (κ1) is 19.3. The summed E-state index contributed by atoms with van der Waals surface area (Å²) in [6.07, 6.45) is 2.74. The highest BCUT2D eigenvalue weighted by Gasteiger charge is 2.33. The Kier molecular flexibility index (Phi) is 5.19. The molecule has 1 unspecified atom stereocenters. The van der Waals surface area contributed by atoms with Gasteiger partial charge in [-0.15, -0.1) is 0 Å². The molecule has 0 aliphatic carbocycles. The summed E-state index contributed by atoms with van der Waals surface area (Å²) in [6, 6.07) is 14.8. The maximum absolute atomic E-state index is 12.9. The number of fused-ring (bicyclic) bond motifs is 1. The number of carbonyl (C=O) groups excluding carboxylic acids is 1. The Balaban J connectivity index is 1.53. The van der Waals surface area contributed by atoms with E-state index in [2.05, 4.69) is 4.98 Å². The van der Waals surface area contributed by atoms with Gasteiger partial charge in [-0.3, -0.25) is 14.2 Å². The van der Waals surface area contributed by atoms with Crippen LogP contribution in [0.3, 0.4) is 0 Å². The summed E-state index contributed by atoms with van der Waals surface area (Å²) in [5, 5.41) is 0.451. The highest BCUT2D eigenvalue weighted by atomic mass is 32.2. The monoisotopic (exact) mass is 411 g/mol. The van der Waals surface area contributed by atoms with E-state index in [1.165, 1.54) is 10.9 Å². The number of benzene rings is 2. The first-order chi connectivity index (χ1) is 14.0. The fourth-order valence-corrected chi connectivity index (χ4v) is 5.39. The Morgan fingerprint density at radius 3 is 2.59 bits per heavy atom. The van der Waals surface area contributed by atoms with Gasteiger partial charge in [-0.1, -0.05) is 30.3 Å². The zero-order valence-corrected chi connectivity index (χ0v) is 16.6. The van der Waals surface area contributed by atoms with Crippen LogP contribution < -0.4 is 5.56 Å². The third-order valence-electron chi connectivity index (χ3n) is 5.25.